The molecule has 6 aromatic heterocycles. The van der Waals surface area contributed by atoms with Gasteiger partial charge in [-0.15, -0.1) is 0 Å². The lowest BCUT2D eigenvalue weighted by atomic mass is 10.1. The van der Waals surface area contributed by atoms with E-state index < -0.39 is 0 Å². The van der Waals surface area contributed by atoms with E-state index in [4.69, 9.17) is 0 Å². The Morgan fingerprint density at radius 2 is 0.302 bits per heavy atom. The van der Waals surface area contributed by atoms with E-state index in [0.29, 0.717) is 0 Å². The standard InChI is InChI=1S/C90H132N6/c1-7-19-31-43-67-91-73-50-62-86(80-91)56-38-26-14-3-9-21-33-45-69-93-75-52-64-88(82-93)58-40-28-16-5-11-23-35-47-71-95-77-54-66-90(84-95)60-42-30-18-6-12-24-36-48-72-96-78-53-65-89(83-96)59-41-29-17-4-10-22-34-46-70-94-76-51-63-87(81-94)57-39-27-15-2-8-20-32-44-68-92-74-49-61-85(79-92)55-37-25-13-1/h19-24,31-36,49-54,61-66,73-84H,1-18,25-30,37-48,55-60,67-72H2/q+6/b31-19+,32-20+,33-21+,34-22?,35-23?,36-24?. The fraction of sp³-hybridized carbons (Fsp3) is 0.533. The van der Waals surface area contributed by atoms with E-state index in [1.165, 1.54) is 265 Å². The van der Waals surface area contributed by atoms with Crippen LogP contribution < -0.4 is 27.4 Å². The number of hydrogen-bond acceptors (Lipinski definition) is 0. The molecule has 96 heavy (non-hydrogen) atoms. The van der Waals surface area contributed by atoms with Crippen molar-refractivity contribution < 1.29 is 27.4 Å². The number of rotatable bonds is 0. The quantitative estimate of drug-likeness (QED) is 0.107. The maximum absolute atomic E-state index is 2.42. The molecule has 0 N–H and O–H groups in total. The van der Waals surface area contributed by atoms with E-state index in [2.05, 4.69) is 247 Å². The van der Waals surface area contributed by atoms with E-state index in [1.807, 2.05) is 0 Å². The van der Waals surface area contributed by atoms with Crippen LogP contribution in [-0.4, -0.2) is 0 Å². The van der Waals surface area contributed by atoms with Crippen molar-refractivity contribution >= 4 is 0 Å². The minimum absolute atomic E-state index is 1.06. The highest BCUT2D eigenvalue weighted by Gasteiger charge is 2.09. The SMILES string of the molecule is C1=CCC[n+]2cccc(c2)CCCCCCC=CCC[n+]2cccc(c2)CCCCCC/C=C/CC[n+]2cccc(c2)CCCCCC/C=C/CC[n+]2cccc(c2)CCCCCC/C=C/CC[n+]2cccc(c2)CCCCCCC=CCC[n+]2cccc(c2)CCCCCC1. The zero-order valence-electron chi connectivity index (χ0n) is 60.4. The summed E-state index contributed by atoms with van der Waals surface area (Å²) in [6, 6.07) is 27.4. The van der Waals surface area contributed by atoms with Crippen molar-refractivity contribution in [2.45, 2.75) is 309 Å². The van der Waals surface area contributed by atoms with Crippen LogP contribution in [0.4, 0.5) is 0 Å². The topological polar surface area (TPSA) is 23.3 Å². The van der Waals surface area contributed by atoms with Gasteiger partial charge in [0.05, 0.1) is 0 Å². The molecule has 12 bridgehead atoms. The van der Waals surface area contributed by atoms with Crippen LogP contribution in [0, 0.1) is 0 Å². The van der Waals surface area contributed by atoms with E-state index in [1.54, 1.807) is 0 Å². The summed E-state index contributed by atoms with van der Waals surface area (Å²) in [6.07, 6.45) is 109. The molecule has 0 atom stereocenters. The van der Waals surface area contributed by atoms with Crippen LogP contribution in [0.5, 0.6) is 0 Å². The Hall–Kier alpha value is -6.66. The second-order valence-corrected chi connectivity index (χ2v) is 28.0. The number of aryl methyl sites for hydroxylation is 12. The third-order valence-corrected chi connectivity index (χ3v) is 19.4. The van der Waals surface area contributed by atoms with Crippen LogP contribution in [0.1, 0.15) is 265 Å². The first-order valence-electron chi connectivity index (χ1n) is 39.5. The van der Waals surface area contributed by atoms with Crippen molar-refractivity contribution in [2.24, 2.45) is 0 Å². The van der Waals surface area contributed by atoms with E-state index in [-0.39, 0.29) is 0 Å². The van der Waals surface area contributed by atoms with Crippen molar-refractivity contribution in [3.05, 3.63) is 253 Å². The number of nitrogens with zero attached hydrogens (tertiary/aromatic N) is 6. The molecular weight excluding hydrogens is 1170 g/mol. The zero-order valence-corrected chi connectivity index (χ0v) is 60.4. The van der Waals surface area contributed by atoms with Gasteiger partial charge in [0.1, 0.15) is 0 Å². The number of fused-ring (bicyclic) bond motifs is 12. The van der Waals surface area contributed by atoms with Gasteiger partial charge in [-0.2, -0.15) is 0 Å². The summed E-state index contributed by atoms with van der Waals surface area (Å²) >= 11 is 0. The maximum atomic E-state index is 2.42. The summed E-state index contributed by atoms with van der Waals surface area (Å²) in [4.78, 5) is 0. The lowest BCUT2D eigenvalue weighted by Gasteiger charge is -2.02. The van der Waals surface area contributed by atoms with Gasteiger partial charge >= 0.3 is 0 Å². The Kier molecular flexibility index (Phi) is 41.9. The van der Waals surface area contributed by atoms with Crippen molar-refractivity contribution in [1.82, 2.24) is 0 Å². The van der Waals surface area contributed by atoms with Gasteiger partial charge in [-0.05, 0) is 190 Å². The molecule has 0 aliphatic carbocycles. The van der Waals surface area contributed by atoms with E-state index in [9.17, 15) is 0 Å². The molecule has 0 fully saturated rings. The van der Waals surface area contributed by atoms with Crippen LogP contribution in [0.15, 0.2) is 220 Å². The molecule has 1 aliphatic rings. The Balaban J connectivity index is 0.753. The summed E-state index contributed by atoms with van der Waals surface area (Å²) in [6.45, 7) is 6.39. The molecule has 0 amide bonds. The van der Waals surface area contributed by atoms with Gasteiger partial charge in [-0.1, -0.05) is 150 Å². The molecule has 6 aromatic rings. The van der Waals surface area contributed by atoms with Crippen molar-refractivity contribution in [1.29, 1.82) is 0 Å². The maximum Gasteiger partial charge on any atom is 0.171 e. The predicted octanol–water partition coefficient (Wildman–Crippen LogP) is 20.6. The minimum Gasteiger partial charge on any atom is -0.205 e. The van der Waals surface area contributed by atoms with Crippen LogP contribution in [0.25, 0.3) is 0 Å². The molecule has 6 heteroatoms. The summed E-state index contributed by atoms with van der Waals surface area (Å²) in [5.74, 6) is 0. The van der Waals surface area contributed by atoms with Crippen LogP contribution >= 0.6 is 0 Å². The number of hydrogen-bond donors (Lipinski definition) is 0. The van der Waals surface area contributed by atoms with Gasteiger partial charge in [0.25, 0.3) is 0 Å². The largest absolute Gasteiger partial charge is 0.205 e. The summed E-state index contributed by atoms with van der Waals surface area (Å²) in [7, 11) is 0. The normalized spacial score (nSPS) is 19.2. The highest BCUT2D eigenvalue weighted by Crippen LogP contribution is 2.15. The van der Waals surface area contributed by atoms with Crippen LogP contribution in [-0.2, 0) is 77.8 Å². The highest BCUT2D eigenvalue weighted by molar-refractivity contribution is 5.09. The predicted molar refractivity (Wildman–Crippen MR) is 403 cm³/mol. The van der Waals surface area contributed by atoms with Gasteiger partial charge in [-0.3, -0.25) is 0 Å². The highest BCUT2D eigenvalue weighted by atomic mass is 14.9. The van der Waals surface area contributed by atoms with E-state index >= 15 is 0 Å². The van der Waals surface area contributed by atoms with E-state index in [0.717, 1.165) is 77.8 Å². The number of allylic oxidation sites excluding steroid dienone is 12. The first kappa shape index (κ1) is 76.7. The van der Waals surface area contributed by atoms with Crippen molar-refractivity contribution in [3.63, 3.8) is 0 Å². The molecule has 0 saturated heterocycles. The molecule has 0 aromatic carbocycles. The molecule has 0 radical (unpaired) electrons. The molecule has 516 valence electrons. The second-order valence-electron chi connectivity index (χ2n) is 28.0. The van der Waals surface area contributed by atoms with Crippen molar-refractivity contribution in [3.8, 4) is 0 Å². The summed E-state index contributed by atoms with van der Waals surface area (Å²) < 4.78 is 14.4. The molecule has 1 aliphatic heterocycles. The zero-order chi connectivity index (χ0) is 66.3. The van der Waals surface area contributed by atoms with Gasteiger partial charge < -0.3 is 0 Å². The van der Waals surface area contributed by atoms with Gasteiger partial charge in [0.15, 0.2) is 114 Å². The molecule has 0 saturated carbocycles. The first-order valence-corrected chi connectivity index (χ1v) is 39.5. The monoisotopic (exact) mass is 1300 g/mol. The fourth-order valence-electron chi connectivity index (χ4n) is 13.6. The minimum atomic E-state index is 1.06. The number of aromatic nitrogens is 6. The third kappa shape index (κ3) is 37.7. The van der Waals surface area contributed by atoms with Crippen molar-refractivity contribution in [2.75, 3.05) is 0 Å². The Morgan fingerprint density at radius 3 is 0.469 bits per heavy atom. The smallest absolute Gasteiger partial charge is 0.171 e. The van der Waals surface area contributed by atoms with Gasteiger partial charge in [0, 0.05) is 108 Å². The van der Waals surface area contributed by atoms with Gasteiger partial charge in [0.2, 0.25) is 0 Å². The van der Waals surface area contributed by atoms with Crippen LogP contribution in [0.3, 0.4) is 0 Å². The molecule has 7 rings (SSSR count). The molecule has 6 nitrogen and oxygen atoms in total. The lowest BCUT2D eigenvalue weighted by Crippen LogP contribution is -2.32. The number of pyridine rings is 6. The lowest BCUT2D eigenvalue weighted by molar-refractivity contribution is -0.696. The fourth-order valence-corrected chi connectivity index (χ4v) is 13.6. The van der Waals surface area contributed by atoms with Crippen LogP contribution in [0.2, 0.25) is 0 Å². The molecular formula is C90H132N6+6. The Labute approximate surface area is 586 Å². The summed E-state index contributed by atoms with van der Waals surface area (Å²) in [5, 5.41) is 0. The average molecular weight is 1300 g/mol. The van der Waals surface area contributed by atoms with Gasteiger partial charge in [-0.25, -0.2) is 27.4 Å². The Morgan fingerprint density at radius 1 is 0.156 bits per heavy atom. The molecule has 7 heterocycles. The summed E-state index contributed by atoms with van der Waals surface area (Å²) in [5.41, 5.74) is 8.87. The first-order chi connectivity index (χ1) is 47.7. The second kappa shape index (κ2) is 52.5. The Bertz CT molecular complexity index is 2590. The molecule has 0 unspecified atom stereocenters. The third-order valence-electron chi connectivity index (χ3n) is 19.4. The average Bonchev–Trinajstić information content (AvgIpc) is 3.81. The molecule has 0 spiro atoms.